The van der Waals surface area contributed by atoms with Crippen molar-refractivity contribution >= 4 is 11.6 Å². The molecule has 1 unspecified atom stereocenters. The Bertz CT molecular complexity index is 833. The maximum absolute atomic E-state index is 12.7. The third-order valence-corrected chi connectivity index (χ3v) is 6.91. The summed E-state index contributed by atoms with van der Waals surface area (Å²) in [5.74, 6) is 1.14. The predicted molar refractivity (Wildman–Crippen MR) is 117 cm³/mol. The minimum absolute atomic E-state index is 0.345. The average Bonchev–Trinajstić information content (AvgIpc) is 2.71. The summed E-state index contributed by atoms with van der Waals surface area (Å²) in [6.07, 6.45) is 1.83. The zero-order valence-corrected chi connectivity index (χ0v) is 18.3. The van der Waals surface area contributed by atoms with Gasteiger partial charge in [-0.1, -0.05) is 42.3 Å². The van der Waals surface area contributed by atoms with Gasteiger partial charge in [0.2, 0.25) is 0 Å². The highest BCUT2D eigenvalue weighted by atomic mass is 35.5. The number of alkyl halides is 3. The van der Waals surface area contributed by atoms with Crippen molar-refractivity contribution in [2.75, 3.05) is 19.7 Å². The molecule has 1 saturated heterocycles. The molecule has 2 aromatic carbocycles. The Morgan fingerprint density at radius 3 is 2.29 bits per heavy atom. The number of benzene rings is 2. The number of likely N-dealkylation sites (tertiary alicyclic amines) is 1. The number of halogens is 4. The maximum atomic E-state index is 12.7. The molecular weight excluding hydrogens is 423 g/mol. The first-order valence-electron chi connectivity index (χ1n) is 11.1. The van der Waals surface area contributed by atoms with Gasteiger partial charge in [0.1, 0.15) is 0 Å². The van der Waals surface area contributed by atoms with Crippen molar-refractivity contribution in [1.82, 2.24) is 4.90 Å². The molecule has 168 valence electrons. The molecule has 1 heterocycles. The zero-order valence-electron chi connectivity index (χ0n) is 17.6. The van der Waals surface area contributed by atoms with E-state index in [1.807, 2.05) is 12.1 Å². The van der Waals surface area contributed by atoms with Gasteiger partial charge in [-0.25, -0.2) is 0 Å². The van der Waals surface area contributed by atoms with Crippen LogP contribution in [0.3, 0.4) is 0 Å². The van der Waals surface area contributed by atoms with Crippen molar-refractivity contribution in [3.8, 4) is 0 Å². The summed E-state index contributed by atoms with van der Waals surface area (Å²) in [6, 6.07) is 14.0. The van der Waals surface area contributed by atoms with Gasteiger partial charge in [-0.2, -0.15) is 13.2 Å². The lowest BCUT2D eigenvalue weighted by Gasteiger charge is -2.45. The topological polar surface area (TPSA) is 12.5 Å². The van der Waals surface area contributed by atoms with E-state index in [0.29, 0.717) is 31.1 Å². The highest BCUT2D eigenvalue weighted by molar-refractivity contribution is 6.30. The molecule has 0 amide bonds. The summed E-state index contributed by atoms with van der Waals surface area (Å²) < 4.78 is 44.0. The largest absolute Gasteiger partial charge is 0.416 e. The lowest BCUT2D eigenvalue weighted by Crippen LogP contribution is -2.43. The molecule has 31 heavy (non-hydrogen) atoms. The van der Waals surface area contributed by atoms with Gasteiger partial charge in [0, 0.05) is 17.6 Å². The van der Waals surface area contributed by atoms with E-state index in [-0.39, 0.29) is 0 Å². The van der Waals surface area contributed by atoms with Gasteiger partial charge in [-0.15, -0.1) is 0 Å². The SMILES string of the molecule is FC(F)(F)c1ccc(COC[C@@H]2CCCN(C(c3ccc(Cl)cc3)C3CCC3)C2)cc1. The van der Waals surface area contributed by atoms with Gasteiger partial charge in [0.25, 0.3) is 0 Å². The molecule has 2 atom stereocenters. The summed E-state index contributed by atoms with van der Waals surface area (Å²) in [5, 5.41) is 0.768. The van der Waals surface area contributed by atoms with Crippen LogP contribution in [-0.4, -0.2) is 24.6 Å². The summed E-state index contributed by atoms with van der Waals surface area (Å²) >= 11 is 6.11. The van der Waals surface area contributed by atoms with Gasteiger partial charge in [0.15, 0.2) is 0 Å². The Balaban J connectivity index is 1.32. The highest BCUT2D eigenvalue weighted by Crippen LogP contribution is 2.43. The molecule has 1 aliphatic carbocycles. The Kier molecular flexibility index (Phi) is 7.25. The third kappa shape index (κ3) is 5.82. The second kappa shape index (κ2) is 9.93. The van der Waals surface area contributed by atoms with E-state index in [1.54, 1.807) is 0 Å². The normalized spacial score (nSPS) is 21.6. The lowest BCUT2D eigenvalue weighted by atomic mass is 9.75. The second-order valence-electron chi connectivity index (χ2n) is 8.90. The Morgan fingerprint density at radius 1 is 0.968 bits per heavy atom. The van der Waals surface area contributed by atoms with Gasteiger partial charge in [0.05, 0.1) is 18.8 Å². The second-order valence-corrected chi connectivity index (χ2v) is 9.34. The van der Waals surface area contributed by atoms with Gasteiger partial charge >= 0.3 is 6.18 Å². The minimum atomic E-state index is -4.30. The first kappa shape index (κ1) is 22.6. The molecular formula is C25H29ClF3NO. The summed E-state index contributed by atoms with van der Waals surface area (Å²) in [4.78, 5) is 2.61. The van der Waals surface area contributed by atoms with Crippen LogP contribution < -0.4 is 0 Å². The quantitative estimate of drug-likeness (QED) is 0.444. The van der Waals surface area contributed by atoms with Crippen molar-refractivity contribution < 1.29 is 17.9 Å². The summed E-state index contributed by atoms with van der Waals surface area (Å²) in [7, 11) is 0. The number of hydrogen-bond donors (Lipinski definition) is 0. The van der Waals surface area contributed by atoms with E-state index in [2.05, 4.69) is 17.0 Å². The minimum Gasteiger partial charge on any atom is -0.376 e. The molecule has 2 nitrogen and oxygen atoms in total. The van der Waals surface area contributed by atoms with Gasteiger partial charge < -0.3 is 4.74 Å². The molecule has 2 fully saturated rings. The molecule has 2 aromatic rings. The Morgan fingerprint density at radius 2 is 1.68 bits per heavy atom. The fourth-order valence-electron chi connectivity index (χ4n) is 4.82. The monoisotopic (exact) mass is 451 g/mol. The first-order valence-corrected chi connectivity index (χ1v) is 11.5. The third-order valence-electron chi connectivity index (χ3n) is 6.66. The zero-order chi connectivity index (χ0) is 21.8. The molecule has 1 saturated carbocycles. The molecule has 0 spiro atoms. The molecule has 6 heteroatoms. The fourth-order valence-corrected chi connectivity index (χ4v) is 4.94. The molecule has 0 radical (unpaired) electrons. The average molecular weight is 452 g/mol. The van der Waals surface area contributed by atoms with E-state index in [9.17, 15) is 13.2 Å². The number of hydrogen-bond acceptors (Lipinski definition) is 2. The van der Waals surface area contributed by atoms with Gasteiger partial charge in [-0.05, 0) is 79.5 Å². The van der Waals surface area contributed by atoms with E-state index >= 15 is 0 Å². The van der Waals surface area contributed by atoms with Crippen molar-refractivity contribution in [1.29, 1.82) is 0 Å². The van der Waals surface area contributed by atoms with Crippen LogP contribution in [0, 0.1) is 11.8 Å². The molecule has 1 aliphatic heterocycles. The molecule has 4 rings (SSSR count). The van der Waals surface area contributed by atoms with Gasteiger partial charge in [-0.3, -0.25) is 4.90 Å². The van der Waals surface area contributed by atoms with E-state index in [4.69, 9.17) is 16.3 Å². The number of rotatable bonds is 7. The highest BCUT2D eigenvalue weighted by Gasteiger charge is 2.35. The fraction of sp³-hybridized carbons (Fsp3) is 0.520. The van der Waals surface area contributed by atoms with Crippen molar-refractivity contribution in [2.45, 2.75) is 50.9 Å². The Labute approximate surface area is 187 Å². The molecule has 2 aliphatic rings. The number of nitrogens with zero attached hydrogens (tertiary/aromatic N) is 1. The van der Waals surface area contributed by atoms with Crippen LogP contribution in [0.15, 0.2) is 48.5 Å². The summed E-state index contributed by atoms with van der Waals surface area (Å²) in [6.45, 7) is 3.07. The van der Waals surface area contributed by atoms with Crippen molar-refractivity contribution in [3.63, 3.8) is 0 Å². The van der Waals surface area contributed by atoms with E-state index in [0.717, 1.165) is 48.6 Å². The molecule has 0 N–H and O–H groups in total. The van der Waals surface area contributed by atoms with Crippen LogP contribution in [0.25, 0.3) is 0 Å². The number of ether oxygens (including phenoxy) is 1. The van der Waals surface area contributed by atoms with Crippen LogP contribution in [0.4, 0.5) is 13.2 Å². The van der Waals surface area contributed by atoms with Crippen LogP contribution in [0.2, 0.25) is 5.02 Å². The van der Waals surface area contributed by atoms with E-state index < -0.39 is 11.7 Å². The summed E-state index contributed by atoms with van der Waals surface area (Å²) in [5.41, 5.74) is 1.50. The smallest absolute Gasteiger partial charge is 0.376 e. The van der Waals surface area contributed by atoms with Crippen LogP contribution >= 0.6 is 11.6 Å². The van der Waals surface area contributed by atoms with Crippen LogP contribution in [0.1, 0.15) is 54.8 Å². The van der Waals surface area contributed by atoms with Crippen LogP contribution in [-0.2, 0) is 17.5 Å². The van der Waals surface area contributed by atoms with Crippen molar-refractivity contribution in [3.05, 3.63) is 70.2 Å². The first-order chi connectivity index (χ1) is 14.9. The maximum Gasteiger partial charge on any atom is 0.416 e. The van der Waals surface area contributed by atoms with Crippen LogP contribution in [0.5, 0.6) is 0 Å². The predicted octanol–water partition coefficient (Wildman–Crippen LogP) is 7.13. The lowest BCUT2D eigenvalue weighted by molar-refractivity contribution is -0.137. The number of piperidine rings is 1. The molecule has 0 bridgehead atoms. The standard InChI is InChI=1S/C25H29ClF3NO/c26-23-12-8-21(9-13-23)24(20-4-1-5-20)30-14-2-3-19(15-30)17-31-16-18-6-10-22(11-7-18)25(27,28)29/h6-13,19-20,24H,1-5,14-17H2/t19-,24?/m1/s1. The molecule has 0 aromatic heterocycles. The Hall–Kier alpha value is -1.56. The van der Waals surface area contributed by atoms with E-state index in [1.165, 1.54) is 37.0 Å². The van der Waals surface area contributed by atoms with Crippen molar-refractivity contribution in [2.24, 2.45) is 11.8 Å².